The molecule has 9 nitrogen and oxygen atoms in total. The van der Waals surface area contributed by atoms with E-state index in [1.807, 2.05) is 0 Å². The van der Waals surface area contributed by atoms with Crippen molar-refractivity contribution in [3.8, 4) is 11.3 Å². The Balaban J connectivity index is 2.08. The van der Waals surface area contributed by atoms with E-state index >= 15 is 0 Å². The summed E-state index contributed by atoms with van der Waals surface area (Å²) in [4.78, 5) is 40.7. The molecule has 0 aliphatic carbocycles. The molecule has 1 atom stereocenters. The van der Waals surface area contributed by atoms with Crippen molar-refractivity contribution in [2.24, 2.45) is 5.41 Å². The van der Waals surface area contributed by atoms with Crippen molar-refractivity contribution in [3.05, 3.63) is 40.8 Å². The predicted octanol–water partition coefficient (Wildman–Crippen LogP) is 5.57. The number of halogens is 3. The minimum absolute atomic E-state index is 0.118. The summed E-state index contributed by atoms with van der Waals surface area (Å²) in [7, 11) is 0. The van der Waals surface area contributed by atoms with Crippen LogP contribution in [0.1, 0.15) is 73.6 Å². The third-order valence-electron chi connectivity index (χ3n) is 5.94. The van der Waals surface area contributed by atoms with Gasteiger partial charge in [-0.25, -0.2) is 27.6 Å². The van der Waals surface area contributed by atoms with Crippen LogP contribution in [0.25, 0.3) is 11.3 Å². The lowest BCUT2D eigenvalue weighted by Crippen LogP contribution is -2.52. The lowest BCUT2D eigenvalue weighted by atomic mass is 9.86. The van der Waals surface area contributed by atoms with Crippen LogP contribution < -0.4 is 5.32 Å². The molecule has 3 rings (SSSR count). The van der Waals surface area contributed by atoms with Gasteiger partial charge in [0.2, 0.25) is 0 Å². The number of nitrogens with one attached hydrogen (secondary N) is 1. The lowest BCUT2D eigenvalue weighted by molar-refractivity contribution is -0.160. The summed E-state index contributed by atoms with van der Waals surface area (Å²) in [6, 6.07) is -0.838. The van der Waals surface area contributed by atoms with Gasteiger partial charge in [-0.15, -0.1) is 0 Å². The number of rotatable bonds is 3. The number of ether oxygens (including phenoxy) is 2. The van der Waals surface area contributed by atoms with Crippen LogP contribution in [0.4, 0.5) is 22.8 Å². The van der Waals surface area contributed by atoms with Gasteiger partial charge in [0.25, 0.3) is 0 Å². The first-order chi connectivity index (χ1) is 18.2. The largest absolute Gasteiger partial charge is 0.458 e. The predicted molar refractivity (Wildman–Crippen MR) is 141 cm³/mol. The Morgan fingerprint density at radius 2 is 1.48 bits per heavy atom. The molecule has 0 bridgehead atoms. The molecule has 0 spiro atoms. The molecule has 0 saturated carbocycles. The lowest BCUT2D eigenvalue weighted by Gasteiger charge is -2.32. The molecule has 2 amide bonds. The van der Waals surface area contributed by atoms with E-state index in [4.69, 9.17) is 9.47 Å². The Morgan fingerprint density at radius 3 is 2.02 bits per heavy atom. The average molecular weight is 567 g/mol. The standard InChI is InChI=1S/C28H37F3N4O5/c1-26(2,3)22(23(36)39-27(4,5)6)32-24(37)35-20-10-11-34(25(38)40-28(7,8)9)14-16(20)21(33-35)15-12-18(30)19(31)13-17(15)29/h12-13,22H,10-11,14H2,1-9H3,(H,32,37). The Hall–Kier alpha value is -3.57. The fourth-order valence-electron chi connectivity index (χ4n) is 4.16. The van der Waals surface area contributed by atoms with Gasteiger partial charge in [0.15, 0.2) is 11.6 Å². The maximum atomic E-state index is 14.9. The molecule has 0 radical (unpaired) electrons. The van der Waals surface area contributed by atoms with Crippen molar-refractivity contribution in [2.45, 2.75) is 92.5 Å². The average Bonchev–Trinajstić information content (AvgIpc) is 3.15. The Bertz CT molecular complexity index is 1320. The van der Waals surface area contributed by atoms with Crippen molar-refractivity contribution in [1.82, 2.24) is 20.0 Å². The van der Waals surface area contributed by atoms with Crippen molar-refractivity contribution < 1.29 is 37.0 Å². The van der Waals surface area contributed by atoms with Crippen LogP contribution in [0.5, 0.6) is 0 Å². The first kappa shape index (κ1) is 31.0. The quantitative estimate of drug-likeness (QED) is 0.385. The van der Waals surface area contributed by atoms with Crippen molar-refractivity contribution >= 4 is 18.1 Å². The molecule has 220 valence electrons. The fraction of sp³-hybridized carbons (Fsp3) is 0.571. The number of aromatic nitrogens is 2. The molecule has 1 aromatic carbocycles. The molecule has 0 fully saturated rings. The number of esters is 1. The molecule has 0 saturated heterocycles. The first-order valence-electron chi connectivity index (χ1n) is 13.0. The topological polar surface area (TPSA) is 103 Å². The highest BCUT2D eigenvalue weighted by atomic mass is 19.2. The SMILES string of the molecule is CC(C)(C)OC(=O)C(NC(=O)n1nc(-c2cc(F)c(F)cc2F)c2c1CCN(C(=O)OC(C)(C)C)C2)C(C)(C)C. The summed E-state index contributed by atoms with van der Waals surface area (Å²) in [5.74, 6) is -4.44. The molecule has 1 aliphatic rings. The van der Waals surface area contributed by atoms with Crippen LogP contribution in [-0.4, -0.2) is 56.6 Å². The van der Waals surface area contributed by atoms with E-state index in [-0.39, 0.29) is 36.3 Å². The van der Waals surface area contributed by atoms with Crippen molar-refractivity contribution in [2.75, 3.05) is 6.54 Å². The summed E-state index contributed by atoms with van der Waals surface area (Å²) < 4.78 is 54.7. The molecule has 2 heterocycles. The van der Waals surface area contributed by atoms with Crippen LogP contribution >= 0.6 is 0 Å². The van der Waals surface area contributed by atoms with Gasteiger partial charge in [-0.1, -0.05) is 20.8 Å². The molecule has 2 aromatic rings. The van der Waals surface area contributed by atoms with E-state index in [1.165, 1.54) is 4.90 Å². The molecule has 1 unspecified atom stereocenters. The van der Waals surface area contributed by atoms with E-state index in [9.17, 15) is 27.6 Å². The maximum absolute atomic E-state index is 14.9. The monoisotopic (exact) mass is 566 g/mol. The molecule has 12 heteroatoms. The molecular weight excluding hydrogens is 529 g/mol. The molecule has 40 heavy (non-hydrogen) atoms. The maximum Gasteiger partial charge on any atom is 0.410 e. The second-order valence-corrected chi connectivity index (χ2v) is 12.9. The Kier molecular flexibility index (Phi) is 8.34. The number of carbonyl (C=O) groups excluding carboxylic acids is 3. The molecule has 1 aliphatic heterocycles. The number of hydrogen-bond acceptors (Lipinski definition) is 6. The van der Waals surface area contributed by atoms with Gasteiger partial charge in [0, 0.05) is 30.2 Å². The van der Waals surface area contributed by atoms with Gasteiger partial charge in [-0.2, -0.15) is 9.78 Å². The molecule has 1 aromatic heterocycles. The van der Waals surface area contributed by atoms with Crippen LogP contribution in [0, 0.1) is 22.9 Å². The van der Waals surface area contributed by atoms with Crippen LogP contribution in [0.2, 0.25) is 0 Å². The van der Waals surface area contributed by atoms with E-state index in [0.717, 1.165) is 4.68 Å². The highest BCUT2D eigenvalue weighted by Crippen LogP contribution is 2.33. The van der Waals surface area contributed by atoms with Crippen LogP contribution in [0.3, 0.4) is 0 Å². The van der Waals surface area contributed by atoms with E-state index < -0.39 is 58.2 Å². The molecule has 1 N–H and O–H groups in total. The second-order valence-electron chi connectivity index (χ2n) is 12.9. The minimum atomic E-state index is -1.38. The minimum Gasteiger partial charge on any atom is -0.458 e. The number of fused-ring (bicyclic) bond motifs is 1. The highest BCUT2D eigenvalue weighted by Gasteiger charge is 2.38. The first-order valence-corrected chi connectivity index (χ1v) is 13.0. The molecular formula is C28H37F3N4O5. The van der Waals surface area contributed by atoms with Crippen molar-refractivity contribution in [3.63, 3.8) is 0 Å². The van der Waals surface area contributed by atoms with Gasteiger partial charge < -0.3 is 19.7 Å². The van der Waals surface area contributed by atoms with E-state index in [2.05, 4.69) is 10.4 Å². The highest BCUT2D eigenvalue weighted by molar-refractivity contribution is 5.86. The summed E-state index contributed by atoms with van der Waals surface area (Å²) >= 11 is 0. The van der Waals surface area contributed by atoms with Crippen LogP contribution in [-0.2, 0) is 27.2 Å². The number of nitrogens with zero attached hydrogens (tertiary/aromatic N) is 3. The summed E-state index contributed by atoms with van der Waals surface area (Å²) in [6.07, 6.45) is -0.516. The van der Waals surface area contributed by atoms with Gasteiger partial charge in [0.1, 0.15) is 28.8 Å². The zero-order chi connectivity index (χ0) is 30.4. The Morgan fingerprint density at radius 1 is 0.900 bits per heavy atom. The zero-order valence-corrected chi connectivity index (χ0v) is 24.4. The van der Waals surface area contributed by atoms with Gasteiger partial charge >= 0.3 is 18.1 Å². The summed E-state index contributed by atoms with van der Waals surface area (Å²) in [5.41, 5.74) is -2.27. The van der Waals surface area contributed by atoms with Gasteiger partial charge in [-0.3, -0.25) is 0 Å². The number of benzene rings is 1. The number of amides is 2. The zero-order valence-electron chi connectivity index (χ0n) is 24.4. The van der Waals surface area contributed by atoms with E-state index in [1.54, 1.807) is 62.3 Å². The van der Waals surface area contributed by atoms with Crippen LogP contribution in [0.15, 0.2) is 12.1 Å². The third-order valence-corrected chi connectivity index (χ3v) is 5.94. The smallest absolute Gasteiger partial charge is 0.410 e. The number of carbonyl (C=O) groups is 3. The fourth-order valence-corrected chi connectivity index (χ4v) is 4.16. The van der Waals surface area contributed by atoms with Gasteiger partial charge in [-0.05, 0) is 53.0 Å². The number of hydrogen-bond donors (Lipinski definition) is 1. The van der Waals surface area contributed by atoms with Gasteiger partial charge in [0.05, 0.1) is 12.2 Å². The summed E-state index contributed by atoms with van der Waals surface area (Å²) in [6.45, 7) is 15.5. The van der Waals surface area contributed by atoms with E-state index in [0.29, 0.717) is 17.8 Å². The summed E-state index contributed by atoms with van der Waals surface area (Å²) in [5, 5.41) is 6.94. The third kappa shape index (κ3) is 7.14. The normalized spacial score (nSPS) is 14.8. The Labute approximate surface area is 232 Å². The second kappa shape index (κ2) is 10.8. The van der Waals surface area contributed by atoms with Crippen molar-refractivity contribution in [1.29, 1.82) is 0 Å².